The second-order valence-electron chi connectivity index (χ2n) is 6.78. The monoisotopic (exact) mass is 391 g/mol. The number of benzene rings is 1. The molecule has 29 heavy (non-hydrogen) atoms. The highest BCUT2D eigenvalue weighted by molar-refractivity contribution is 5.91. The molecule has 0 aliphatic carbocycles. The summed E-state index contributed by atoms with van der Waals surface area (Å²) < 4.78 is 6.72. The van der Waals surface area contributed by atoms with Gasteiger partial charge in [-0.2, -0.15) is 5.10 Å². The number of hydrogen-bond acceptors (Lipinski definition) is 5. The quantitative estimate of drug-likeness (QED) is 0.737. The van der Waals surface area contributed by atoms with Gasteiger partial charge >= 0.3 is 6.03 Å². The van der Waals surface area contributed by atoms with Gasteiger partial charge in [0.25, 0.3) is 5.56 Å². The zero-order valence-corrected chi connectivity index (χ0v) is 16.0. The molecule has 2 amide bonds. The van der Waals surface area contributed by atoms with E-state index in [2.05, 4.69) is 15.4 Å². The largest absolute Gasteiger partial charge is 0.495 e. The van der Waals surface area contributed by atoms with Crippen LogP contribution in [0.2, 0.25) is 0 Å². The first-order valence-corrected chi connectivity index (χ1v) is 9.32. The van der Waals surface area contributed by atoms with Crippen molar-refractivity contribution in [2.24, 2.45) is 0 Å². The topological polar surface area (TPSA) is 89.3 Å². The van der Waals surface area contributed by atoms with E-state index in [0.29, 0.717) is 37.5 Å². The lowest BCUT2D eigenvalue weighted by atomic mass is 10.1. The zero-order chi connectivity index (χ0) is 20.2. The average molecular weight is 391 g/mol. The minimum absolute atomic E-state index is 0.195. The molecule has 1 aromatic carbocycles. The van der Waals surface area contributed by atoms with Crippen LogP contribution in [0.1, 0.15) is 16.8 Å². The normalized spacial score (nSPS) is 12.9. The van der Waals surface area contributed by atoms with Crippen LogP contribution in [-0.4, -0.2) is 39.4 Å². The van der Waals surface area contributed by atoms with Gasteiger partial charge in [-0.05, 0) is 23.8 Å². The second-order valence-corrected chi connectivity index (χ2v) is 6.78. The highest BCUT2D eigenvalue weighted by atomic mass is 16.5. The zero-order valence-electron chi connectivity index (χ0n) is 16.0. The second kappa shape index (κ2) is 8.14. The third-order valence-electron chi connectivity index (χ3n) is 4.83. The van der Waals surface area contributed by atoms with Crippen LogP contribution in [0.25, 0.3) is 0 Å². The Morgan fingerprint density at radius 1 is 1.24 bits per heavy atom. The molecule has 0 saturated carbocycles. The van der Waals surface area contributed by atoms with Crippen molar-refractivity contribution in [3.05, 3.63) is 82.0 Å². The van der Waals surface area contributed by atoms with E-state index in [9.17, 15) is 9.59 Å². The lowest BCUT2D eigenvalue weighted by Crippen LogP contribution is -2.40. The Balaban J connectivity index is 1.49. The van der Waals surface area contributed by atoms with Crippen molar-refractivity contribution in [2.75, 3.05) is 19.0 Å². The van der Waals surface area contributed by atoms with Crippen LogP contribution < -0.4 is 15.6 Å². The van der Waals surface area contributed by atoms with Gasteiger partial charge in [0.1, 0.15) is 5.75 Å². The Hall–Kier alpha value is -3.68. The lowest BCUT2D eigenvalue weighted by Gasteiger charge is -2.28. The van der Waals surface area contributed by atoms with Crippen molar-refractivity contribution < 1.29 is 9.53 Å². The van der Waals surface area contributed by atoms with Gasteiger partial charge in [0.2, 0.25) is 0 Å². The number of fused-ring (bicyclic) bond motifs is 1. The molecule has 0 spiro atoms. The van der Waals surface area contributed by atoms with Gasteiger partial charge in [0, 0.05) is 43.5 Å². The van der Waals surface area contributed by atoms with Crippen molar-refractivity contribution in [1.29, 1.82) is 0 Å². The van der Waals surface area contributed by atoms with Crippen LogP contribution in [0.4, 0.5) is 10.5 Å². The molecule has 1 aliphatic rings. The summed E-state index contributed by atoms with van der Waals surface area (Å²) in [5, 5.41) is 7.38. The molecule has 8 heteroatoms. The van der Waals surface area contributed by atoms with Gasteiger partial charge in [0.05, 0.1) is 25.0 Å². The first-order chi connectivity index (χ1) is 14.1. The van der Waals surface area contributed by atoms with Crippen molar-refractivity contribution in [1.82, 2.24) is 19.7 Å². The standard InChI is InChI=1S/C21H21N5O3/c1-29-19-7-3-2-6-18(19)23-21(28)25-10-8-17-16(14-25)11-20(27)26(24-17)13-15-5-4-9-22-12-15/h2-7,9,11-12H,8,10,13-14H2,1H3,(H,23,28). The molecule has 0 atom stereocenters. The van der Waals surface area contributed by atoms with E-state index < -0.39 is 0 Å². The number of nitrogens with one attached hydrogen (secondary N) is 1. The average Bonchev–Trinajstić information content (AvgIpc) is 2.75. The SMILES string of the molecule is COc1ccccc1NC(=O)N1CCc2nn(Cc3cccnc3)c(=O)cc2C1. The third-order valence-corrected chi connectivity index (χ3v) is 4.83. The predicted octanol–water partition coefficient (Wildman–Crippen LogP) is 2.29. The van der Waals surface area contributed by atoms with Gasteiger partial charge in [-0.25, -0.2) is 9.48 Å². The molecule has 4 rings (SSSR count). The third kappa shape index (κ3) is 4.11. The number of rotatable bonds is 4. The summed E-state index contributed by atoms with van der Waals surface area (Å²) in [7, 11) is 1.56. The Bertz CT molecular complexity index is 1080. The van der Waals surface area contributed by atoms with Crippen LogP contribution >= 0.6 is 0 Å². The maximum Gasteiger partial charge on any atom is 0.322 e. The molecule has 0 unspecified atom stereocenters. The predicted molar refractivity (Wildman–Crippen MR) is 108 cm³/mol. The minimum atomic E-state index is -0.236. The van der Waals surface area contributed by atoms with Crippen molar-refractivity contribution in [3.63, 3.8) is 0 Å². The van der Waals surface area contributed by atoms with Crippen LogP contribution in [0.15, 0.2) is 59.7 Å². The highest BCUT2D eigenvalue weighted by Crippen LogP contribution is 2.24. The first-order valence-electron chi connectivity index (χ1n) is 9.32. The Morgan fingerprint density at radius 2 is 2.10 bits per heavy atom. The van der Waals surface area contributed by atoms with Crippen molar-refractivity contribution in [3.8, 4) is 5.75 Å². The highest BCUT2D eigenvalue weighted by Gasteiger charge is 2.23. The molecule has 148 valence electrons. The summed E-state index contributed by atoms with van der Waals surface area (Å²) in [4.78, 5) is 30.9. The number of para-hydroxylation sites is 2. The number of pyridine rings is 1. The van der Waals surface area contributed by atoms with Crippen LogP contribution in [-0.2, 0) is 19.5 Å². The van der Waals surface area contributed by atoms with Gasteiger partial charge in [-0.1, -0.05) is 18.2 Å². The van der Waals surface area contributed by atoms with Crippen LogP contribution in [0, 0.1) is 0 Å². The fourth-order valence-electron chi connectivity index (χ4n) is 3.33. The summed E-state index contributed by atoms with van der Waals surface area (Å²) in [6.07, 6.45) is 4.00. The molecule has 1 aliphatic heterocycles. The number of carbonyl (C=O) groups excluding carboxylic acids is 1. The number of nitrogens with zero attached hydrogens (tertiary/aromatic N) is 4. The van der Waals surface area contributed by atoms with Gasteiger partial charge in [0.15, 0.2) is 0 Å². The molecule has 2 aromatic heterocycles. The maximum absolute atomic E-state index is 12.7. The fourth-order valence-corrected chi connectivity index (χ4v) is 3.33. The van der Waals surface area contributed by atoms with E-state index in [-0.39, 0.29) is 11.6 Å². The van der Waals surface area contributed by atoms with Crippen LogP contribution in [0.5, 0.6) is 5.75 Å². The van der Waals surface area contributed by atoms with Gasteiger partial charge in [-0.3, -0.25) is 9.78 Å². The molecule has 1 N–H and O–H groups in total. The van der Waals surface area contributed by atoms with E-state index in [1.165, 1.54) is 4.68 Å². The van der Waals surface area contributed by atoms with E-state index in [0.717, 1.165) is 16.8 Å². The first kappa shape index (κ1) is 18.7. The molecule has 0 radical (unpaired) electrons. The molecule has 0 fully saturated rings. The summed E-state index contributed by atoms with van der Waals surface area (Å²) in [6.45, 7) is 1.23. The van der Waals surface area contributed by atoms with Crippen molar-refractivity contribution >= 4 is 11.7 Å². The van der Waals surface area contributed by atoms with E-state index in [1.807, 2.05) is 24.3 Å². The number of anilines is 1. The minimum Gasteiger partial charge on any atom is -0.495 e. The maximum atomic E-state index is 12.7. The number of urea groups is 1. The summed E-state index contributed by atoms with van der Waals surface area (Å²) in [5.41, 5.74) is 2.94. The van der Waals surface area contributed by atoms with Gasteiger partial charge < -0.3 is 15.0 Å². The molecule has 0 saturated heterocycles. The van der Waals surface area contributed by atoms with E-state index in [4.69, 9.17) is 4.74 Å². The van der Waals surface area contributed by atoms with Crippen molar-refractivity contribution in [2.45, 2.75) is 19.5 Å². The molecule has 3 aromatic rings. The number of hydrogen-bond donors (Lipinski definition) is 1. The van der Waals surface area contributed by atoms with Gasteiger partial charge in [-0.15, -0.1) is 0 Å². The Morgan fingerprint density at radius 3 is 2.90 bits per heavy atom. The Kier molecular flexibility index (Phi) is 5.24. The summed E-state index contributed by atoms with van der Waals surface area (Å²) >= 11 is 0. The fraction of sp³-hybridized carbons (Fsp3) is 0.238. The molecular formula is C21H21N5O3. The molecule has 8 nitrogen and oxygen atoms in total. The summed E-state index contributed by atoms with van der Waals surface area (Å²) in [6, 6.07) is 12.3. The number of ether oxygens (including phenoxy) is 1. The van der Waals surface area contributed by atoms with Crippen LogP contribution in [0.3, 0.4) is 0 Å². The number of carbonyl (C=O) groups is 1. The summed E-state index contributed by atoms with van der Waals surface area (Å²) in [5.74, 6) is 0.596. The van der Waals surface area contributed by atoms with E-state index in [1.54, 1.807) is 42.6 Å². The smallest absolute Gasteiger partial charge is 0.322 e. The van der Waals surface area contributed by atoms with E-state index >= 15 is 0 Å². The Labute approximate surface area is 167 Å². The molecule has 0 bridgehead atoms. The number of methoxy groups -OCH3 is 1. The molecular weight excluding hydrogens is 370 g/mol. The lowest BCUT2D eigenvalue weighted by molar-refractivity contribution is 0.205. The number of aromatic nitrogens is 3. The number of amides is 2. The molecule has 3 heterocycles.